The summed E-state index contributed by atoms with van der Waals surface area (Å²) in [5, 5.41) is 16.0. The van der Waals surface area contributed by atoms with Crippen molar-refractivity contribution in [2.45, 2.75) is 83.3 Å². The van der Waals surface area contributed by atoms with Gasteiger partial charge in [-0.3, -0.25) is 14.4 Å². The van der Waals surface area contributed by atoms with Crippen LogP contribution in [0.4, 0.5) is 5.69 Å². The normalized spacial score (nSPS) is 18.5. The first-order valence-corrected chi connectivity index (χ1v) is 17.0. The topological polar surface area (TPSA) is 145 Å². The number of sulfonamides is 1. The van der Waals surface area contributed by atoms with Crippen molar-refractivity contribution < 1.29 is 27.9 Å². The van der Waals surface area contributed by atoms with Crippen LogP contribution >= 0.6 is 0 Å². The van der Waals surface area contributed by atoms with Gasteiger partial charge in [0.15, 0.2) is 0 Å². The average molecular weight is 613 g/mol. The van der Waals surface area contributed by atoms with Gasteiger partial charge in [-0.05, 0) is 93.6 Å². The Morgan fingerprint density at radius 1 is 1.05 bits per heavy atom. The number of fused-ring (bicyclic) bond motifs is 1. The second-order valence-corrected chi connectivity index (χ2v) is 13.5. The lowest BCUT2D eigenvalue weighted by Gasteiger charge is -2.31. The number of benzene rings is 2. The van der Waals surface area contributed by atoms with E-state index in [1.54, 1.807) is 17.0 Å². The van der Waals surface area contributed by atoms with Crippen LogP contribution in [-0.4, -0.2) is 67.1 Å². The van der Waals surface area contributed by atoms with E-state index >= 15 is 0 Å². The molecular weight excluding hydrogens is 568 g/mol. The molecule has 2 aromatic carbocycles. The van der Waals surface area contributed by atoms with Gasteiger partial charge in [0, 0.05) is 6.54 Å². The highest BCUT2D eigenvalue weighted by molar-refractivity contribution is 7.89. The molecule has 2 heterocycles. The summed E-state index contributed by atoms with van der Waals surface area (Å²) in [6.07, 6.45) is 5.70. The van der Waals surface area contributed by atoms with E-state index in [9.17, 15) is 27.9 Å². The second-order valence-electron chi connectivity index (χ2n) is 11.6. The van der Waals surface area contributed by atoms with Crippen LogP contribution in [0.2, 0.25) is 0 Å². The number of nitrogens with zero attached hydrogens (tertiary/aromatic N) is 1. The van der Waals surface area contributed by atoms with Gasteiger partial charge in [0.05, 0.1) is 17.0 Å². The molecule has 1 saturated heterocycles. The van der Waals surface area contributed by atoms with Gasteiger partial charge in [0.1, 0.15) is 12.1 Å². The zero-order chi connectivity index (χ0) is 30.8. The molecule has 0 aliphatic carbocycles. The third-order valence-corrected chi connectivity index (χ3v) is 9.83. The Morgan fingerprint density at radius 3 is 2.49 bits per heavy atom. The first kappa shape index (κ1) is 32.6. The van der Waals surface area contributed by atoms with E-state index in [4.69, 9.17) is 0 Å². The maximum absolute atomic E-state index is 14.1. The molecule has 1 fully saturated rings. The number of carboxylic acid groups (broad SMARTS) is 1. The van der Waals surface area contributed by atoms with Crippen LogP contribution in [0, 0.1) is 5.92 Å². The van der Waals surface area contributed by atoms with Crippen molar-refractivity contribution in [1.29, 1.82) is 0 Å². The number of carbonyl (C=O) groups is 3. The van der Waals surface area contributed by atoms with Gasteiger partial charge in [-0.15, -0.1) is 0 Å². The molecule has 0 bridgehead atoms. The number of aliphatic carboxylic acids is 1. The van der Waals surface area contributed by atoms with Gasteiger partial charge in [-0.25, -0.2) is 13.1 Å². The Kier molecular flexibility index (Phi) is 11.7. The minimum absolute atomic E-state index is 0.107. The second kappa shape index (κ2) is 15.4. The molecule has 0 radical (unpaired) electrons. The summed E-state index contributed by atoms with van der Waals surface area (Å²) in [5.41, 5.74) is 2.62. The molecule has 4 rings (SSSR count). The maximum Gasteiger partial charge on any atom is 0.321 e. The highest BCUT2D eigenvalue weighted by Crippen LogP contribution is 2.30. The fourth-order valence-electron chi connectivity index (χ4n) is 5.85. The van der Waals surface area contributed by atoms with Gasteiger partial charge in [-0.1, -0.05) is 49.7 Å². The summed E-state index contributed by atoms with van der Waals surface area (Å²) in [5.74, 6) is -1.21. The standard InChI is InChI=1S/C32H44N4O6S/c1-2-3-20-43(41,42)35-28(32(39)40)11-7-10-24-12-14-27-26(21-24)31(38)36(22-25-8-5-4-6-9-25)29(30(37)34-27)15-13-23-16-18-33-19-17-23/h4-6,8-9,12,14,21,23,28-29,33,35H,2-3,7,10-11,13,15-20,22H2,1H3,(H,34,37)(H,39,40). The SMILES string of the molecule is CCCCS(=O)(=O)NC(CCCc1ccc2c(c1)C(=O)N(Cc1ccccc1)C(CCC1CCNCC1)C(=O)N2)C(=O)O. The minimum atomic E-state index is -3.69. The number of unbranched alkanes of at least 4 members (excludes halogenated alkanes) is 1. The zero-order valence-electron chi connectivity index (χ0n) is 24.9. The van der Waals surface area contributed by atoms with Gasteiger partial charge < -0.3 is 20.6 Å². The number of anilines is 1. The summed E-state index contributed by atoms with van der Waals surface area (Å²) >= 11 is 0. The van der Waals surface area contributed by atoms with Gasteiger partial charge in [0.25, 0.3) is 5.91 Å². The number of carbonyl (C=O) groups excluding carboxylic acids is 2. The van der Waals surface area contributed by atoms with Crippen LogP contribution in [0.3, 0.4) is 0 Å². The van der Waals surface area contributed by atoms with Crippen molar-refractivity contribution in [3.05, 3.63) is 65.2 Å². The number of amides is 2. The van der Waals surface area contributed by atoms with E-state index in [-0.39, 0.29) is 24.0 Å². The monoisotopic (exact) mass is 612 g/mol. The third kappa shape index (κ3) is 9.35. The van der Waals surface area contributed by atoms with Gasteiger partial charge in [-0.2, -0.15) is 0 Å². The fourth-order valence-corrected chi connectivity index (χ4v) is 7.29. The van der Waals surface area contributed by atoms with E-state index in [1.807, 2.05) is 43.3 Å². The molecule has 43 heavy (non-hydrogen) atoms. The lowest BCUT2D eigenvalue weighted by molar-refractivity contribution is -0.139. The van der Waals surface area contributed by atoms with Crippen LogP contribution in [0.25, 0.3) is 0 Å². The third-order valence-electron chi connectivity index (χ3n) is 8.36. The van der Waals surface area contributed by atoms with E-state index in [0.29, 0.717) is 55.8 Å². The molecule has 10 nitrogen and oxygen atoms in total. The molecule has 2 aromatic rings. The predicted molar refractivity (Wildman–Crippen MR) is 166 cm³/mol. The average Bonchev–Trinajstić information content (AvgIpc) is 3.09. The smallest absolute Gasteiger partial charge is 0.321 e. The van der Waals surface area contributed by atoms with Crippen LogP contribution in [-0.2, 0) is 32.6 Å². The lowest BCUT2D eigenvalue weighted by Crippen LogP contribution is -2.45. The zero-order valence-corrected chi connectivity index (χ0v) is 25.7. The highest BCUT2D eigenvalue weighted by Gasteiger charge is 2.36. The number of rotatable bonds is 15. The van der Waals surface area contributed by atoms with Gasteiger partial charge in [0.2, 0.25) is 15.9 Å². The van der Waals surface area contributed by atoms with Crippen molar-refractivity contribution in [2.24, 2.45) is 5.92 Å². The van der Waals surface area contributed by atoms with Crippen molar-refractivity contribution in [3.8, 4) is 0 Å². The molecule has 2 amide bonds. The molecule has 0 spiro atoms. The molecule has 2 aliphatic rings. The van der Waals surface area contributed by atoms with Crippen LogP contribution in [0.1, 0.15) is 79.8 Å². The Morgan fingerprint density at radius 2 is 1.79 bits per heavy atom. The van der Waals surface area contributed by atoms with E-state index in [0.717, 1.165) is 43.5 Å². The van der Waals surface area contributed by atoms with Crippen LogP contribution in [0.5, 0.6) is 0 Å². The molecule has 11 heteroatoms. The quantitative estimate of drug-likeness (QED) is 0.239. The minimum Gasteiger partial charge on any atom is -0.480 e. The highest BCUT2D eigenvalue weighted by atomic mass is 32.2. The van der Waals surface area contributed by atoms with Crippen LogP contribution < -0.4 is 15.4 Å². The first-order valence-electron chi connectivity index (χ1n) is 15.4. The maximum atomic E-state index is 14.1. The summed E-state index contributed by atoms with van der Waals surface area (Å²) < 4.78 is 26.8. The van der Waals surface area contributed by atoms with Crippen LogP contribution in [0.15, 0.2) is 48.5 Å². The number of hydrogen-bond acceptors (Lipinski definition) is 6. The number of hydrogen-bond donors (Lipinski definition) is 4. The fraction of sp³-hybridized carbons (Fsp3) is 0.531. The Balaban J connectivity index is 1.49. The predicted octanol–water partition coefficient (Wildman–Crippen LogP) is 3.92. The van der Waals surface area contributed by atoms with Crippen molar-refractivity contribution in [1.82, 2.24) is 14.9 Å². The summed E-state index contributed by atoms with van der Waals surface area (Å²) in [7, 11) is -3.69. The number of nitrogens with one attached hydrogen (secondary N) is 3. The Labute approximate surface area is 254 Å². The van der Waals surface area contributed by atoms with E-state index in [2.05, 4.69) is 15.4 Å². The molecule has 2 aliphatic heterocycles. The van der Waals surface area contributed by atoms with Gasteiger partial charge >= 0.3 is 5.97 Å². The Bertz CT molecular complexity index is 1360. The number of carboxylic acids is 1. The number of aryl methyl sites for hydroxylation is 1. The van der Waals surface area contributed by atoms with Crippen molar-refractivity contribution >= 4 is 33.5 Å². The molecule has 0 aromatic heterocycles. The lowest BCUT2D eigenvalue weighted by atomic mass is 9.91. The largest absolute Gasteiger partial charge is 0.480 e. The summed E-state index contributed by atoms with van der Waals surface area (Å²) in [6, 6.07) is 13.2. The Hall–Kier alpha value is -3.28. The van der Waals surface area contributed by atoms with Crippen molar-refractivity contribution in [3.63, 3.8) is 0 Å². The van der Waals surface area contributed by atoms with Crippen molar-refractivity contribution in [2.75, 3.05) is 24.2 Å². The van der Waals surface area contributed by atoms with E-state index < -0.39 is 28.1 Å². The molecule has 2 atom stereocenters. The molecule has 0 saturated carbocycles. The number of piperidine rings is 1. The first-order chi connectivity index (χ1) is 20.7. The molecule has 234 valence electrons. The summed E-state index contributed by atoms with van der Waals surface area (Å²) in [4.78, 5) is 41.1. The molecular formula is C32H44N4O6S. The van der Waals surface area contributed by atoms with E-state index in [1.165, 1.54) is 0 Å². The molecule has 2 unspecified atom stereocenters. The molecule has 4 N–H and O–H groups in total. The summed E-state index contributed by atoms with van der Waals surface area (Å²) in [6.45, 7) is 4.13.